The van der Waals surface area contributed by atoms with E-state index in [1.54, 1.807) is 19.1 Å². The number of nitrogens with two attached hydrogens (primary N) is 1. The minimum absolute atomic E-state index is 0.373. The van der Waals surface area contributed by atoms with Crippen molar-refractivity contribution in [3.05, 3.63) is 48.6 Å². The molecule has 0 saturated heterocycles. The van der Waals surface area contributed by atoms with Crippen LogP contribution in [0.4, 0.5) is 5.69 Å². The van der Waals surface area contributed by atoms with Crippen molar-refractivity contribution < 1.29 is 9.53 Å². The third kappa shape index (κ3) is 2.28. The van der Waals surface area contributed by atoms with E-state index in [2.05, 4.69) is 6.58 Å². The molecule has 0 unspecified atom stereocenters. The molecule has 86 valence electrons. The predicted molar refractivity (Wildman–Crippen MR) is 68.8 cm³/mol. The minimum Gasteiger partial charge on any atom is -0.423 e. The number of rotatable bonds is 2. The predicted octanol–water partition coefficient (Wildman–Crippen LogP) is 2.90. The van der Waals surface area contributed by atoms with Crippen molar-refractivity contribution >= 4 is 22.4 Å². The highest BCUT2D eigenvalue weighted by molar-refractivity contribution is 5.94. The van der Waals surface area contributed by atoms with Crippen LogP contribution >= 0.6 is 0 Å². The van der Waals surface area contributed by atoms with Crippen LogP contribution in [-0.4, -0.2) is 5.97 Å². The number of carbonyl (C=O) groups is 1. The summed E-state index contributed by atoms with van der Waals surface area (Å²) in [6.45, 7) is 5.15. The van der Waals surface area contributed by atoms with E-state index < -0.39 is 5.97 Å². The van der Waals surface area contributed by atoms with Gasteiger partial charge in [0.2, 0.25) is 0 Å². The Balaban J connectivity index is 2.39. The molecule has 0 radical (unpaired) electrons. The van der Waals surface area contributed by atoms with Crippen molar-refractivity contribution in [1.82, 2.24) is 0 Å². The monoisotopic (exact) mass is 227 g/mol. The number of hydrogen-bond acceptors (Lipinski definition) is 3. The standard InChI is InChI=1S/C14H13NO2/c1-9(2)14(16)17-11-6-7-12-10(8-11)4-3-5-13(12)15/h3-8H,1,15H2,2H3. The quantitative estimate of drug-likeness (QED) is 0.371. The second kappa shape index (κ2) is 4.29. The molecule has 0 aliphatic rings. The van der Waals surface area contributed by atoms with Crippen molar-refractivity contribution in [3.8, 4) is 5.75 Å². The molecule has 2 aromatic carbocycles. The SMILES string of the molecule is C=C(C)C(=O)Oc1ccc2c(N)cccc2c1. The summed E-state index contributed by atoms with van der Waals surface area (Å²) in [6.07, 6.45) is 0. The largest absolute Gasteiger partial charge is 0.423 e. The fourth-order valence-corrected chi connectivity index (χ4v) is 1.54. The van der Waals surface area contributed by atoms with Gasteiger partial charge in [-0.1, -0.05) is 18.7 Å². The van der Waals surface area contributed by atoms with E-state index in [1.165, 1.54) is 0 Å². The van der Waals surface area contributed by atoms with Gasteiger partial charge in [-0.05, 0) is 36.6 Å². The van der Waals surface area contributed by atoms with Gasteiger partial charge in [-0.2, -0.15) is 0 Å². The van der Waals surface area contributed by atoms with Crippen molar-refractivity contribution in [2.45, 2.75) is 6.92 Å². The Morgan fingerprint density at radius 1 is 1.29 bits per heavy atom. The van der Waals surface area contributed by atoms with E-state index in [0.717, 1.165) is 10.8 Å². The van der Waals surface area contributed by atoms with Gasteiger partial charge in [0.1, 0.15) is 5.75 Å². The van der Waals surface area contributed by atoms with Crippen molar-refractivity contribution in [2.75, 3.05) is 5.73 Å². The zero-order valence-electron chi connectivity index (χ0n) is 9.57. The molecule has 0 aromatic heterocycles. The molecule has 0 heterocycles. The third-order valence-electron chi connectivity index (χ3n) is 2.44. The van der Waals surface area contributed by atoms with Crippen LogP contribution in [0.1, 0.15) is 6.92 Å². The van der Waals surface area contributed by atoms with Gasteiger partial charge in [0.15, 0.2) is 0 Å². The van der Waals surface area contributed by atoms with Gasteiger partial charge in [-0.25, -0.2) is 4.79 Å². The first-order chi connectivity index (χ1) is 8.08. The second-order valence-corrected chi connectivity index (χ2v) is 3.90. The summed E-state index contributed by atoms with van der Waals surface area (Å²) in [7, 11) is 0. The van der Waals surface area contributed by atoms with Crippen LogP contribution in [0.25, 0.3) is 10.8 Å². The third-order valence-corrected chi connectivity index (χ3v) is 2.44. The summed E-state index contributed by atoms with van der Waals surface area (Å²) in [5, 5.41) is 1.89. The van der Waals surface area contributed by atoms with Crippen LogP contribution in [-0.2, 0) is 4.79 Å². The van der Waals surface area contributed by atoms with Crippen molar-refractivity contribution in [2.24, 2.45) is 0 Å². The molecule has 0 bridgehead atoms. The lowest BCUT2D eigenvalue weighted by Gasteiger charge is -2.06. The van der Waals surface area contributed by atoms with E-state index in [9.17, 15) is 4.79 Å². The van der Waals surface area contributed by atoms with Crippen molar-refractivity contribution in [1.29, 1.82) is 0 Å². The average molecular weight is 227 g/mol. The molecule has 0 aliphatic carbocycles. The number of benzene rings is 2. The molecule has 0 amide bonds. The van der Waals surface area contributed by atoms with E-state index in [0.29, 0.717) is 17.0 Å². The average Bonchev–Trinajstić information content (AvgIpc) is 2.29. The zero-order valence-corrected chi connectivity index (χ0v) is 9.57. The Hall–Kier alpha value is -2.29. The Morgan fingerprint density at radius 3 is 2.76 bits per heavy atom. The summed E-state index contributed by atoms with van der Waals surface area (Å²) in [5.41, 5.74) is 6.92. The second-order valence-electron chi connectivity index (χ2n) is 3.90. The number of ether oxygens (including phenoxy) is 1. The smallest absolute Gasteiger partial charge is 0.338 e. The molecule has 3 nitrogen and oxygen atoms in total. The lowest BCUT2D eigenvalue weighted by atomic mass is 10.1. The Labute approximate surface area is 99.5 Å². The van der Waals surface area contributed by atoms with Gasteiger partial charge in [0, 0.05) is 16.6 Å². The number of anilines is 1. The Morgan fingerprint density at radius 2 is 2.06 bits per heavy atom. The summed E-state index contributed by atoms with van der Waals surface area (Å²) < 4.78 is 5.14. The van der Waals surface area contributed by atoms with E-state index in [4.69, 9.17) is 10.5 Å². The molecule has 2 N–H and O–H groups in total. The maximum absolute atomic E-state index is 11.4. The first-order valence-electron chi connectivity index (χ1n) is 5.24. The summed E-state index contributed by atoms with van der Waals surface area (Å²) in [6, 6.07) is 11.0. The highest BCUT2D eigenvalue weighted by atomic mass is 16.5. The molecule has 2 rings (SSSR count). The van der Waals surface area contributed by atoms with Gasteiger partial charge in [0.25, 0.3) is 0 Å². The first-order valence-corrected chi connectivity index (χ1v) is 5.24. The summed E-state index contributed by atoms with van der Waals surface area (Å²) >= 11 is 0. The Bertz CT molecular complexity index is 602. The van der Waals surface area contributed by atoms with Gasteiger partial charge in [0.05, 0.1) is 0 Å². The van der Waals surface area contributed by atoms with Crippen LogP contribution in [0, 0.1) is 0 Å². The molecule has 0 spiro atoms. The van der Waals surface area contributed by atoms with Crippen LogP contribution in [0.3, 0.4) is 0 Å². The maximum Gasteiger partial charge on any atom is 0.338 e. The molecular formula is C14H13NO2. The molecule has 17 heavy (non-hydrogen) atoms. The van der Waals surface area contributed by atoms with E-state index in [1.807, 2.05) is 24.3 Å². The van der Waals surface area contributed by atoms with Gasteiger partial charge >= 0.3 is 5.97 Å². The topological polar surface area (TPSA) is 52.3 Å². The zero-order chi connectivity index (χ0) is 12.4. The van der Waals surface area contributed by atoms with Crippen LogP contribution in [0.5, 0.6) is 5.75 Å². The normalized spacial score (nSPS) is 10.2. The highest BCUT2D eigenvalue weighted by Crippen LogP contribution is 2.25. The van der Waals surface area contributed by atoms with Crippen LogP contribution < -0.4 is 10.5 Å². The number of nitrogen functional groups attached to an aromatic ring is 1. The van der Waals surface area contributed by atoms with Crippen molar-refractivity contribution in [3.63, 3.8) is 0 Å². The van der Waals surface area contributed by atoms with E-state index in [-0.39, 0.29) is 0 Å². The molecule has 0 atom stereocenters. The van der Waals surface area contributed by atoms with Gasteiger partial charge < -0.3 is 10.5 Å². The number of hydrogen-bond donors (Lipinski definition) is 1. The summed E-state index contributed by atoms with van der Waals surface area (Å²) in [4.78, 5) is 11.4. The maximum atomic E-state index is 11.4. The van der Waals surface area contributed by atoms with Crippen LogP contribution in [0.2, 0.25) is 0 Å². The molecule has 3 heteroatoms. The fraction of sp³-hybridized carbons (Fsp3) is 0.0714. The molecule has 0 aliphatic heterocycles. The molecule has 0 saturated carbocycles. The number of carbonyl (C=O) groups excluding carboxylic acids is 1. The van der Waals surface area contributed by atoms with Gasteiger partial charge in [-0.3, -0.25) is 0 Å². The highest BCUT2D eigenvalue weighted by Gasteiger charge is 2.06. The Kier molecular flexibility index (Phi) is 2.83. The van der Waals surface area contributed by atoms with E-state index >= 15 is 0 Å². The number of fused-ring (bicyclic) bond motifs is 1. The van der Waals surface area contributed by atoms with Crippen LogP contribution in [0.15, 0.2) is 48.6 Å². The molecule has 0 fully saturated rings. The van der Waals surface area contributed by atoms with Gasteiger partial charge in [-0.15, -0.1) is 0 Å². The lowest BCUT2D eigenvalue weighted by molar-refractivity contribution is -0.130. The molecule has 2 aromatic rings. The lowest BCUT2D eigenvalue weighted by Crippen LogP contribution is -2.07. The summed E-state index contributed by atoms with van der Waals surface area (Å²) in [5.74, 6) is 0.0735. The molecular weight excluding hydrogens is 214 g/mol. The fourth-order valence-electron chi connectivity index (χ4n) is 1.54. The minimum atomic E-state index is -0.423. The number of esters is 1. The first kappa shape index (κ1) is 11.2.